The molecule has 84 valence electrons. The van der Waals surface area contributed by atoms with Crippen molar-refractivity contribution in [1.29, 1.82) is 0 Å². The molecule has 5 nitrogen and oxygen atoms in total. The lowest BCUT2D eigenvalue weighted by Crippen LogP contribution is -2.38. The van der Waals surface area contributed by atoms with E-state index >= 15 is 0 Å². The van der Waals surface area contributed by atoms with Gasteiger partial charge in [-0.1, -0.05) is 6.07 Å². The van der Waals surface area contributed by atoms with Crippen LogP contribution in [-0.4, -0.2) is 23.0 Å². The van der Waals surface area contributed by atoms with Crippen LogP contribution >= 0.6 is 0 Å². The Morgan fingerprint density at radius 3 is 2.88 bits per heavy atom. The molecular weight excluding hydrogens is 208 g/mol. The smallest absolute Gasteiger partial charge is 0.326 e. The highest BCUT2D eigenvalue weighted by Gasteiger charge is 2.36. The monoisotopic (exact) mass is 220 g/mol. The number of aliphatic carboxylic acids is 1. The maximum Gasteiger partial charge on any atom is 0.326 e. The molecule has 2 rings (SSSR count). The summed E-state index contributed by atoms with van der Waals surface area (Å²) in [5.74, 6) is -1.15. The molecule has 1 fully saturated rings. The molecule has 0 aromatic heterocycles. The number of hydrogen-bond acceptors (Lipinski definition) is 3. The molecule has 0 saturated carbocycles. The lowest BCUT2D eigenvalue weighted by atomic mass is 10.2. The molecule has 1 aliphatic rings. The Kier molecular flexibility index (Phi) is 2.52. The van der Waals surface area contributed by atoms with Crippen LogP contribution in [0.1, 0.15) is 12.8 Å². The van der Waals surface area contributed by atoms with Gasteiger partial charge in [-0.25, -0.2) is 4.79 Å². The molecule has 16 heavy (non-hydrogen) atoms. The zero-order valence-electron chi connectivity index (χ0n) is 8.59. The number of carboxylic acids is 1. The van der Waals surface area contributed by atoms with Gasteiger partial charge in [0.1, 0.15) is 6.04 Å². The molecule has 1 saturated heterocycles. The Morgan fingerprint density at radius 1 is 1.50 bits per heavy atom. The highest BCUT2D eigenvalue weighted by molar-refractivity contribution is 6.02. The van der Waals surface area contributed by atoms with E-state index in [1.165, 1.54) is 4.90 Å². The number of nitrogen functional groups attached to an aromatic ring is 1. The summed E-state index contributed by atoms with van der Waals surface area (Å²) in [6, 6.07) is 5.93. The third-order valence-corrected chi connectivity index (χ3v) is 2.65. The number of carbonyl (C=O) groups is 2. The zero-order valence-corrected chi connectivity index (χ0v) is 8.59. The Labute approximate surface area is 92.5 Å². The molecule has 1 heterocycles. The molecule has 1 aromatic rings. The van der Waals surface area contributed by atoms with Crippen LogP contribution in [0.15, 0.2) is 24.3 Å². The fraction of sp³-hybridized carbons (Fsp3) is 0.273. The number of hydrogen-bond donors (Lipinski definition) is 2. The van der Waals surface area contributed by atoms with Gasteiger partial charge in [0.2, 0.25) is 5.91 Å². The average molecular weight is 220 g/mol. The van der Waals surface area contributed by atoms with Gasteiger partial charge in [-0.05, 0) is 24.6 Å². The lowest BCUT2D eigenvalue weighted by molar-refractivity contribution is -0.138. The van der Waals surface area contributed by atoms with E-state index in [0.29, 0.717) is 17.8 Å². The summed E-state index contributed by atoms with van der Waals surface area (Å²) in [5.41, 5.74) is 6.67. The molecule has 1 amide bonds. The summed E-state index contributed by atoms with van der Waals surface area (Å²) in [6.07, 6.45) is 0.620. The highest BCUT2D eigenvalue weighted by Crippen LogP contribution is 2.27. The van der Waals surface area contributed by atoms with E-state index in [9.17, 15) is 9.59 Å². The second-order valence-electron chi connectivity index (χ2n) is 3.75. The molecule has 3 N–H and O–H groups in total. The molecule has 1 atom stereocenters. The van der Waals surface area contributed by atoms with Crippen LogP contribution in [0.25, 0.3) is 0 Å². The van der Waals surface area contributed by atoms with E-state index in [-0.39, 0.29) is 12.3 Å². The van der Waals surface area contributed by atoms with Crippen LogP contribution in [-0.2, 0) is 9.59 Å². The minimum Gasteiger partial charge on any atom is -0.480 e. The van der Waals surface area contributed by atoms with Crippen molar-refractivity contribution in [2.24, 2.45) is 0 Å². The molecule has 0 unspecified atom stereocenters. The van der Waals surface area contributed by atoms with Gasteiger partial charge < -0.3 is 10.8 Å². The van der Waals surface area contributed by atoms with E-state index in [1.807, 2.05) is 0 Å². The van der Waals surface area contributed by atoms with E-state index in [1.54, 1.807) is 24.3 Å². The Morgan fingerprint density at radius 2 is 2.25 bits per heavy atom. The quantitative estimate of drug-likeness (QED) is 0.724. The fourth-order valence-corrected chi connectivity index (χ4v) is 1.92. The number of nitrogens with two attached hydrogens (primary N) is 1. The normalized spacial score (nSPS) is 20.1. The van der Waals surface area contributed by atoms with E-state index in [2.05, 4.69) is 0 Å². The number of anilines is 2. The van der Waals surface area contributed by atoms with Crippen LogP contribution in [0.2, 0.25) is 0 Å². The van der Waals surface area contributed by atoms with Gasteiger partial charge >= 0.3 is 5.97 Å². The van der Waals surface area contributed by atoms with Crippen LogP contribution < -0.4 is 10.6 Å². The zero-order chi connectivity index (χ0) is 11.7. The van der Waals surface area contributed by atoms with Crippen molar-refractivity contribution in [1.82, 2.24) is 0 Å². The first-order valence-corrected chi connectivity index (χ1v) is 5.00. The van der Waals surface area contributed by atoms with Crippen molar-refractivity contribution in [2.75, 3.05) is 10.6 Å². The van der Waals surface area contributed by atoms with E-state index in [0.717, 1.165) is 0 Å². The maximum absolute atomic E-state index is 11.6. The summed E-state index contributed by atoms with van der Waals surface area (Å²) in [5, 5.41) is 9.01. The van der Waals surface area contributed by atoms with Gasteiger partial charge in [0.25, 0.3) is 0 Å². The highest BCUT2D eigenvalue weighted by atomic mass is 16.4. The number of benzene rings is 1. The number of nitrogens with zero attached hydrogens (tertiary/aromatic N) is 1. The molecule has 0 spiro atoms. The van der Waals surface area contributed by atoms with Gasteiger partial charge in [-0.15, -0.1) is 0 Å². The van der Waals surface area contributed by atoms with Crippen molar-refractivity contribution in [3.05, 3.63) is 24.3 Å². The van der Waals surface area contributed by atoms with Crippen LogP contribution in [0.3, 0.4) is 0 Å². The Balaban J connectivity index is 2.37. The topological polar surface area (TPSA) is 83.6 Å². The third-order valence-electron chi connectivity index (χ3n) is 2.65. The van der Waals surface area contributed by atoms with Gasteiger partial charge in [-0.3, -0.25) is 9.69 Å². The Hall–Kier alpha value is -2.04. The third kappa shape index (κ3) is 1.71. The van der Waals surface area contributed by atoms with Gasteiger partial charge in [0.15, 0.2) is 0 Å². The predicted molar refractivity (Wildman–Crippen MR) is 59.0 cm³/mol. The summed E-state index contributed by atoms with van der Waals surface area (Å²) in [4.78, 5) is 23.9. The minimum absolute atomic E-state index is 0.169. The summed E-state index contributed by atoms with van der Waals surface area (Å²) < 4.78 is 0. The van der Waals surface area contributed by atoms with Crippen LogP contribution in [0.5, 0.6) is 0 Å². The molecule has 1 aromatic carbocycles. The number of rotatable bonds is 2. The van der Waals surface area contributed by atoms with Gasteiger partial charge in [0.05, 0.1) is 0 Å². The molecule has 5 heteroatoms. The van der Waals surface area contributed by atoms with Crippen molar-refractivity contribution < 1.29 is 14.7 Å². The second kappa shape index (κ2) is 3.84. The minimum atomic E-state index is -0.978. The largest absolute Gasteiger partial charge is 0.480 e. The summed E-state index contributed by atoms with van der Waals surface area (Å²) in [7, 11) is 0. The number of amides is 1. The van der Waals surface area contributed by atoms with Crippen LogP contribution in [0.4, 0.5) is 11.4 Å². The first kappa shape index (κ1) is 10.5. The Bertz CT molecular complexity index is 445. The number of carboxylic acid groups (broad SMARTS) is 1. The van der Waals surface area contributed by atoms with Gasteiger partial charge in [-0.2, -0.15) is 0 Å². The van der Waals surface area contributed by atoms with Crippen molar-refractivity contribution in [3.8, 4) is 0 Å². The average Bonchev–Trinajstić information content (AvgIpc) is 2.60. The molecule has 1 aliphatic heterocycles. The predicted octanol–water partition coefficient (Wildman–Crippen LogP) is 0.849. The fourth-order valence-electron chi connectivity index (χ4n) is 1.92. The van der Waals surface area contributed by atoms with Gasteiger partial charge in [0, 0.05) is 17.8 Å². The SMILES string of the molecule is Nc1cccc(N2C(=O)CC[C@H]2C(=O)O)c1. The first-order valence-electron chi connectivity index (χ1n) is 5.00. The van der Waals surface area contributed by atoms with Crippen LogP contribution in [0, 0.1) is 0 Å². The molecule has 0 radical (unpaired) electrons. The summed E-state index contributed by atoms with van der Waals surface area (Å²) in [6.45, 7) is 0. The molecule has 0 bridgehead atoms. The molecular formula is C11H12N2O3. The lowest BCUT2D eigenvalue weighted by Gasteiger charge is -2.21. The van der Waals surface area contributed by atoms with Crippen molar-refractivity contribution in [3.63, 3.8) is 0 Å². The van der Waals surface area contributed by atoms with Crippen molar-refractivity contribution in [2.45, 2.75) is 18.9 Å². The first-order chi connectivity index (χ1) is 7.59. The van der Waals surface area contributed by atoms with E-state index in [4.69, 9.17) is 10.8 Å². The standard InChI is InChI=1S/C11H12N2O3/c12-7-2-1-3-8(6-7)13-9(11(15)16)4-5-10(13)14/h1-3,6,9H,4-5,12H2,(H,15,16)/t9-/m0/s1. The van der Waals surface area contributed by atoms with E-state index < -0.39 is 12.0 Å². The maximum atomic E-state index is 11.6. The number of carbonyl (C=O) groups excluding carboxylic acids is 1. The van der Waals surface area contributed by atoms with Crippen molar-refractivity contribution >= 4 is 23.3 Å². The molecule has 0 aliphatic carbocycles. The second-order valence-corrected chi connectivity index (χ2v) is 3.75. The summed E-state index contributed by atoms with van der Waals surface area (Å²) >= 11 is 0.